The number of aliphatic hydroxyl groups excluding tert-OH is 1. The summed E-state index contributed by atoms with van der Waals surface area (Å²) in [5, 5.41) is 21.7. The number of likely N-dealkylation sites (N-methyl/N-ethyl adjacent to an activating group) is 1. The molecular formula is C42H64N6O10. The van der Waals surface area contributed by atoms with Crippen LogP contribution in [-0.4, -0.2) is 132 Å². The highest BCUT2D eigenvalue weighted by Crippen LogP contribution is 2.38. The van der Waals surface area contributed by atoms with E-state index in [4.69, 9.17) is 28.4 Å². The largest absolute Gasteiger partial charge is 0.458 e. The van der Waals surface area contributed by atoms with Gasteiger partial charge >= 0.3 is 12.1 Å². The van der Waals surface area contributed by atoms with Crippen molar-refractivity contribution in [3.8, 4) is 11.6 Å². The molecule has 2 aromatic rings. The number of benzene rings is 1. The van der Waals surface area contributed by atoms with E-state index in [0.29, 0.717) is 50.5 Å². The maximum Gasteiger partial charge on any atom is 0.408 e. The monoisotopic (exact) mass is 812 g/mol. The Hall–Kier alpha value is -3.77. The average molecular weight is 813 g/mol. The minimum Gasteiger partial charge on any atom is -0.458 e. The van der Waals surface area contributed by atoms with Gasteiger partial charge in [0, 0.05) is 50.6 Å². The third kappa shape index (κ3) is 10.5. The van der Waals surface area contributed by atoms with Crippen LogP contribution in [0, 0.1) is 17.8 Å². The van der Waals surface area contributed by atoms with Crippen LogP contribution in [0.4, 0.5) is 4.79 Å². The number of carbonyl (C=O) groups excluding carboxylic acids is 3. The quantitative estimate of drug-likeness (QED) is 0.190. The summed E-state index contributed by atoms with van der Waals surface area (Å²) in [6.07, 6.45) is 1.09. The van der Waals surface area contributed by atoms with Gasteiger partial charge < -0.3 is 54.4 Å². The van der Waals surface area contributed by atoms with Gasteiger partial charge in [0.15, 0.2) is 17.7 Å². The Morgan fingerprint density at radius 2 is 1.86 bits per heavy atom. The number of nitrogens with zero attached hydrogens (tertiary/aromatic N) is 3. The van der Waals surface area contributed by atoms with Gasteiger partial charge in [0.25, 0.3) is 0 Å². The first kappa shape index (κ1) is 45.3. The fourth-order valence-electron chi connectivity index (χ4n) is 8.71. The fraction of sp³-hybridized carbons (Fsp3) is 0.690. The Bertz CT molecular complexity index is 1690. The molecule has 16 nitrogen and oxygen atoms in total. The predicted molar refractivity (Wildman–Crippen MR) is 214 cm³/mol. The number of Topliss-reactive ketones (excluding diaryl/α,β-unsaturated/α-hetero) is 1. The Kier molecular flexibility index (Phi) is 15.3. The minimum atomic E-state index is -1.19. The molecule has 4 heterocycles. The first-order valence-corrected chi connectivity index (χ1v) is 20.4. The van der Waals surface area contributed by atoms with Gasteiger partial charge in [-0.25, -0.2) is 9.78 Å². The Balaban J connectivity index is 1.37. The number of fused-ring (bicyclic) bond motifs is 1. The lowest BCUT2D eigenvalue weighted by Crippen LogP contribution is -2.60. The van der Waals surface area contributed by atoms with Crippen LogP contribution >= 0.6 is 0 Å². The fourth-order valence-corrected chi connectivity index (χ4v) is 8.71. The van der Waals surface area contributed by atoms with E-state index in [1.54, 1.807) is 39.5 Å². The number of methoxy groups -OCH3 is 1. The molecular weight excluding hydrogens is 748 g/mol. The van der Waals surface area contributed by atoms with E-state index in [2.05, 4.69) is 32.8 Å². The molecule has 1 amide bonds. The number of amides is 1. The summed E-state index contributed by atoms with van der Waals surface area (Å²) >= 11 is 0. The number of alkyl carbamates (subject to hydrolysis) is 1. The van der Waals surface area contributed by atoms with Gasteiger partial charge in [-0.2, -0.15) is 0 Å². The number of ether oxygens (including phenoxy) is 6. The molecule has 3 aliphatic rings. The lowest BCUT2D eigenvalue weighted by Gasteiger charge is -2.47. The summed E-state index contributed by atoms with van der Waals surface area (Å²) in [6, 6.07) is 6.56. The van der Waals surface area contributed by atoms with Crippen LogP contribution in [0.2, 0.25) is 0 Å². The molecule has 13 atom stereocenters. The molecule has 3 unspecified atom stereocenters. The highest BCUT2D eigenvalue weighted by Gasteiger charge is 2.55. The minimum absolute atomic E-state index is 0.0133. The SMILES string of the molecule is CC[C@@H]1OC(=O)C(C)C(=O)[C@H](C)[C@@H](O[C@@H]2O[C@H](CNCc3cccc(Oc4cnccn4)c3)CC(N(C)C)C2O)[C@](C)(OC)C[C@@H](C)CN[C@H](C)[C@H]2NC(=O)O[C@]12C. The summed E-state index contributed by atoms with van der Waals surface area (Å²) in [5.41, 5.74) is -1.27. The Labute approximate surface area is 342 Å². The van der Waals surface area contributed by atoms with Crippen LogP contribution < -0.4 is 20.7 Å². The van der Waals surface area contributed by atoms with Gasteiger partial charge in [0.1, 0.15) is 23.9 Å². The van der Waals surface area contributed by atoms with E-state index in [1.807, 2.05) is 64.0 Å². The van der Waals surface area contributed by atoms with Crippen molar-refractivity contribution in [1.29, 1.82) is 0 Å². The second-order valence-corrected chi connectivity index (χ2v) is 16.8. The van der Waals surface area contributed by atoms with Crippen LogP contribution in [0.15, 0.2) is 42.9 Å². The van der Waals surface area contributed by atoms with Crippen LogP contribution in [0.1, 0.15) is 73.3 Å². The average Bonchev–Trinajstić information content (AvgIpc) is 3.52. The third-order valence-electron chi connectivity index (χ3n) is 12.1. The molecule has 3 saturated heterocycles. The van der Waals surface area contributed by atoms with E-state index < -0.39 is 71.5 Å². The molecule has 1 aromatic heterocycles. The number of hydrogen-bond donors (Lipinski definition) is 4. The number of rotatable bonds is 11. The number of aromatic nitrogens is 2. The molecule has 0 bridgehead atoms. The number of carbonyl (C=O) groups is 3. The number of hydrogen-bond acceptors (Lipinski definition) is 15. The third-order valence-corrected chi connectivity index (χ3v) is 12.1. The summed E-state index contributed by atoms with van der Waals surface area (Å²) < 4.78 is 37.2. The zero-order valence-electron chi connectivity index (χ0n) is 35.6. The summed E-state index contributed by atoms with van der Waals surface area (Å²) in [7, 11) is 5.37. The molecule has 0 spiro atoms. The van der Waals surface area contributed by atoms with Gasteiger partial charge in [-0.05, 0) is 91.2 Å². The first-order valence-electron chi connectivity index (χ1n) is 20.4. The van der Waals surface area contributed by atoms with E-state index >= 15 is 0 Å². The standard InChI is InChI=1S/C42H64N6O10/c1-11-32-42(7)36(47-40(52)58-42)27(5)46-20-24(2)19-41(6,53-10)37(25(3)34(49)26(4)38(51)56-32)57-39-35(50)31(48(8)9)18-30(55-39)22-44-21-28-13-12-14-29(17-28)54-33-23-43-15-16-45-33/h12-17,23-27,30-32,35-37,39,44,46,50H,11,18-22H2,1-10H3,(H,47,52)/t24-,25+,26?,27-,30+,31?,32+,35?,36-,37-,39+,41-,42-/m1/s1. The van der Waals surface area contributed by atoms with Crippen molar-refractivity contribution < 1.29 is 47.9 Å². The lowest BCUT2D eigenvalue weighted by atomic mass is 9.78. The zero-order valence-corrected chi connectivity index (χ0v) is 35.6. The van der Waals surface area contributed by atoms with Crippen molar-refractivity contribution in [1.82, 2.24) is 30.8 Å². The molecule has 58 heavy (non-hydrogen) atoms. The summed E-state index contributed by atoms with van der Waals surface area (Å²) in [4.78, 5) is 50.9. The van der Waals surface area contributed by atoms with E-state index in [-0.39, 0.29) is 24.1 Å². The van der Waals surface area contributed by atoms with Crippen molar-refractivity contribution in [3.63, 3.8) is 0 Å². The van der Waals surface area contributed by atoms with E-state index in [1.165, 1.54) is 6.92 Å². The number of aliphatic hydroxyl groups is 1. The second kappa shape index (κ2) is 19.5. The molecule has 16 heteroatoms. The molecule has 322 valence electrons. The highest BCUT2D eigenvalue weighted by molar-refractivity contribution is 6.00. The number of nitrogens with one attached hydrogen (secondary N) is 3. The van der Waals surface area contributed by atoms with Gasteiger partial charge in [0.05, 0.1) is 30.0 Å². The zero-order chi connectivity index (χ0) is 42.4. The van der Waals surface area contributed by atoms with Gasteiger partial charge in [-0.3, -0.25) is 14.6 Å². The van der Waals surface area contributed by atoms with E-state index in [0.717, 1.165) is 5.56 Å². The molecule has 3 fully saturated rings. The van der Waals surface area contributed by atoms with E-state index in [9.17, 15) is 19.5 Å². The van der Waals surface area contributed by atoms with Gasteiger partial charge in [0.2, 0.25) is 5.88 Å². The van der Waals surface area contributed by atoms with Crippen molar-refractivity contribution in [2.75, 3.05) is 34.3 Å². The van der Waals surface area contributed by atoms with Gasteiger partial charge in [-0.1, -0.05) is 32.9 Å². The topological polar surface area (TPSA) is 192 Å². The molecule has 5 rings (SSSR count). The molecule has 4 N–H and O–H groups in total. The van der Waals surface area contributed by atoms with Crippen LogP contribution in [0.3, 0.4) is 0 Å². The van der Waals surface area contributed by atoms with Crippen molar-refractivity contribution in [3.05, 3.63) is 48.4 Å². The van der Waals surface area contributed by atoms with Crippen molar-refractivity contribution in [2.24, 2.45) is 17.8 Å². The smallest absolute Gasteiger partial charge is 0.408 e. The van der Waals surface area contributed by atoms with Crippen LogP contribution in [0.5, 0.6) is 11.6 Å². The number of ketones is 1. The number of cyclic esters (lactones) is 1. The normalized spacial score (nSPS) is 36.6. The van der Waals surface area contributed by atoms with Gasteiger partial charge in [-0.15, -0.1) is 0 Å². The Morgan fingerprint density at radius 1 is 1.10 bits per heavy atom. The number of esters is 1. The molecule has 1 aromatic carbocycles. The molecule has 0 aliphatic carbocycles. The second-order valence-electron chi connectivity index (χ2n) is 16.8. The lowest BCUT2D eigenvalue weighted by molar-refractivity contribution is -0.297. The predicted octanol–water partition coefficient (Wildman–Crippen LogP) is 3.60. The molecule has 0 radical (unpaired) electrons. The van der Waals surface area contributed by atoms with Crippen LogP contribution in [-0.2, 0) is 39.8 Å². The Morgan fingerprint density at radius 3 is 2.53 bits per heavy atom. The molecule has 0 saturated carbocycles. The molecule has 3 aliphatic heterocycles. The summed E-state index contributed by atoms with van der Waals surface area (Å²) in [6.45, 7) is 14.2. The van der Waals surface area contributed by atoms with Crippen LogP contribution in [0.25, 0.3) is 0 Å². The highest BCUT2D eigenvalue weighted by atomic mass is 16.7. The maximum absolute atomic E-state index is 14.4. The maximum atomic E-state index is 14.4. The van der Waals surface area contributed by atoms with Crippen molar-refractivity contribution in [2.45, 2.75) is 134 Å². The summed E-state index contributed by atoms with van der Waals surface area (Å²) in [5.74, 6) is -2.21. The first-order chi connectivity index (χ1) is 27.5. The van der Waals surface area contributed by atoms with Crippen molar-refractivity contribution >= 4 is 17.8 Å².